The van der Waals surface area contributed by atoms with Gasteiger partial charge in [0.2, 0.25) is 0 Å². The van der Waals surface area contributed by atoms with Crippen LogP contribution >= 0.6 is 0 Å². The minimum absolute atomic E-state index is 0.384. The summed E-state index contributed by atoms with van der Waals surface area (Å²) >= 11 is 0. The number of imidazole rings is 1. The largest absolute Gasteiger partial charge is 0.493 e. The van der Waals surface area contributed by atoms with Gasteiger partial charge >= 0.3 is 0 Å². The SMILES string of the molecule is COc1ccc(C2CCCN2Cc2nc3ccccc3n2C)cc1OC. The van der Waals surface area contributed by atoms with E-state index in [0.717, 1.165) is 42.4 Å². The molecule has 2 heterocycles. The lowest BCUT2D eigenvalue weighted by atomic mass is 10.0. The number of hydrogen-bond donors (Lipinski definition) is 0. The molecule has 0 spiro atoms. The highest BCUT2D eigenvalue weighted by molar-refractivity contribution is 5.75. The summed E-state index contributed by atoms with van der Waals surface area (Å²) in [5.41, 5.74) is 3.52. The maximum absolute atomic E-state index is 5.49. The van der Waals surface area contributed by atoms with Gasteiger partial charge in [0.15, 0.2) is 11.5 Å². The molecular formula is C21H25N3O2. The average molecular weight is 351 g/mol. The number of likely N-dealkylation sites (tertiary alicyclic amines) is 1. The lowest BCUT2D eigenvalue weighted by Gasteiger charge is -2.25. The lowest BCUT2D eigenvalue weighted by molar-refractivity contribution is 0.239. The van der Waals surface area contributed by atoms with Crippen molar-refractivity contribution in [2.45, 2.75) is 25.4 Å². The van der Waals surface area contributed by atoms with Crippen LogP contribution in [0.1, 0.15) is 30.3 Å². The number of para-hydroxylation sites is 2. The zero-order valence-electron chi connectivity index (χ0n) is 15.6. The van der Waals surface area contributed by atoms with E-state index < -0.39 is 0 Å². The third-order valence-corrected chi connectivity index (χ3v) is 5.38. The first-order valence-electron chi connectivity index (χ1n) is 9.07. The van der Waals surface area contributed by atoms with E-state index in [1.54, 1.807) is 14.2 Å². The summed E-state index contributed by atoms with van der Waals surface area (Å²) in [6, 6.07) is 15.0. The molecule has 1 unspecified atom stereocenters. The van der Waals surface area contributed by atoms with Crippen LogP contribution in [0.15, 0.2) is 42.5 Å². The molecule has 1 atom stereocenters. The number of nitrogens with zero attached hydrogens (tertiary/aromatic N) is 3. The molecule has 4 rings (SSSR count). The van der Waals surface area contributed by atoms with Gasteiger partial charge in [-0.15, -0.1) is 0 Å². The number of aromatic nitrogens is 2. The van der Waals surface area contributed by atoms with E-state index in [1.807, 2.05) is 12.1 Å². The summed E-state index contributed by atoms with van der Waals surface area (Å²) < 4.78 is 13.1. The van der Waals surface area contributed by atoms with Crippen LogP contribution in [-0.4, -0.2) is 35.2 Å². The van der Waals surface area contributed by atoms with E-state index in [4.69, 9.17) is 14.5 Å². The van der Waals surface area contributed by atoms with Gasteiger partial charge in [-0.3, -0.25) is 4.90 Å². The number of ether oxygens (including phenoxy) is 2. The molecule has 0 bridgehead atoms. The molecule has 0 amide bonds. The minimum Gasteiger partial charge on any atom is -0.493 e. The standard InChI is InChI=1S/C21H25N3O2/c1-23-18-8-5-4-7-16(18)22-21(23)14-24-12-6-9-17(24)15-10-11-19(25-2)20(13-15)26-3/h4-5,7-8,10-11,13,17H,6,9,12,14H2,1-3H3. The first-order chi connectivity index (χ1) is 12.7. The number of fused-ring (bicyclic) bond motifs is 1. The smallest absolute Gasteiger partial charge is 0.161 e. The molecular weight excluding hydrogens is 326 g/mol. The molecule has 5 heteroatoms. The van der Waals surface area contributed by atoms with E-state index in [2.05, 4.69) is 46.8 Å². The third kappa shape index (κ3) is 2.92. The Labute approximate surface area is 154 Å². The Morgan fingerprint density at radius 3 is 2.65 bits per heavy atom. The highest BCUT2D eigenvalue weighted by Gasteiger charge is 2.28. The number of rotatable bonds is 5. The molecule has 26 heavy (non-hydrogen) atoms. The molecule has 1 aliphatic rings. The first-order valence-corrected chi connectivity index (χ1v) is 9.07. The molecule has 2 aromatic carbocycles. The summed E-state index contributed by atoms with van der Waals surface area (Å²) in [5.74, 6) is 2.68. The van der Waals surface area contributed by atoms with Crippen molar-refractivity contribution >= 4 is 11.0 Å². The quantitative estimate of drug-likeness (QED) is 0.698. The van der Waals surface area contributed by atoms with Crippen LogP contribution in [0.4, 0.5) is 0 Å². The van der Waals surface area contributed by atoms with E-state index in [9.17, 15) is 0 Å². The van der Waals surface area contributed by atoms with Crippen molar-refractivity contribution in [3.63, 3.8) is 0 Å². The third-order valence-electron chi connectivity index (χ3n) is 5.38. The molecule has 0 aliphatic carbocycles. The molecule has 136 valence electrons. The van der Waals surface area contributed by atoms with Crippen molar-refractivity contribution in [3.05, 3.63) is 53.9 Å². The molecule has 5 nitrogen and oxygen atoms in total. The lowest BCUT2D eigenvalue weighted by Crippen LogP contribution is -2.24. The minimum atomic E-state index is 0.384. The summed E-state index contributed by atoms with van der Waals surface area (Å²) in [6.45, 7) is 1.94. The maximum Gasteiger partial charge on any atom is 0.161 e. The van der Waals surface area contributed by atoms with Crippen LogP contribution in [0.3, 0.4) is 0 Å². The Morgan fingerprint density at radius 2 is 1.88 bits per heavy atom. The molecule has 0 N–H and O–H groups in total. The van der Waals surface area contributed by atoms with E-state index in [0.29, 0.717) is 6.04 Å². The molecule has 1 saturated heterocycles. The fourth-order valence-corrected chi connectivity index (χ4v) is 3.97. The monoisotopic (exact) mass is 351 g/mol. The Kier molecular flexibility index (Phi) is 4.55. The van der Waals surface area contributed by atoms with Gasteiger partial charge in [0.25, 0.3) is 0 Å². The van der Waals surface area contributed by atoms with Crippen molar-refractivity contribution < 1.29 is 9.47 Å². The Bertz CT molecular complexity index is 919. The molecule has 0 radical (unpaired) electrons. The van der Waals surface area contributed by atoms with Crippen LogP contribution in [0.5, 0.6) is 11.5 Å². The molecule has 1 aliphatic heterocycles. The van der Waals surface area contributed by atoms with Gasteiger partial charge < -0.3 is 14.0 Å². The van der Waals surface area contributed by atoms with Gasteiger partial charge in [-0.2, -0.15) is 0 Å². The predicted molar refractivity (Wildman–Crippen MR) is 103 cm³/mol. The van der Waals surface area contributed by atoms with Crippen molar-refractivity contribution in [1.82, 2.24) is 14.5 Å². The van der Waals surface area contributed by atoms with Crippen molar-refractivity contribution in [3.8, 4) is 11.5 Å². The van der Waals surface area contributed by atoms with E-state index in [1.165, 1.54) is 17.5 Å². The average Bonchev–Trinajstić information content (AvgIpc) is 3.26. The zero-order valence-corrected chi connectivity index (χ0v) is 15.6. The fourth-order valence-electron chi connectivity index (χ4n) is 3.97. The maximum atomic E-state index is 5.49. The van der Waals surface area contributed by atoms with Gasteiger partial charge in [-0.1, -0.05) is 18.2 Å². The highest BCUT2D eigenvalue weighted by Crippen LogP contribution is 2.37. The Morgan fingerprint density at radius 1 is 1.08 bits per heavy atom. The number of benzene rings is 2. The Balaban J connectivity index is 1.61. The van der Waals surface area contributed by atoms with Crippen LogP contribution in [0.25, 0.3) is 11.0 Å². The normalized spacial score (nSPS) is 17.7. The van der Waals surface area contributed by atoms with Crippen molar-refractivity contribution in [1.29, 1.82) is 0 Å². The summed E-state index contributed by atoms with van der Waals surface area (Å²) in [5, 5.41) is 0. The van der Waals surface area contributed by atoms with Crippen LogP contribution in [0, 0.1) is 0 Å². The number of aryl methyl sites for hydroxylation is 1. The molecule has 1 fully saturated rings. The van der Waals surface area contributed by atoms with E-state index >= 15 is 0 Å². The summed E-state index contributed by atoms with van der Waals surface area (Å²) in [4.78, 5) is 7.36. The predicted octanol–water partition coefficient (Wildman–Crippen LogP) is 3.93. The topological polar surface area (TPSA) is 39.5 Å². The van der Waals surface area contributed by atoms with Crippen LogP contribution < -0.4 is 9.47 Å². The zero-order chi connectivity index (χ0) is 18.1. The second kappa shape index (κ2) is 7.00. The van der Waals surface area contributed by atoms with Gasteiger partial charge in [0.1, 0.15) is 5.82 Å². The van der Waals surface area contributed by atoms with Crippen molar-refractivity contribution in [2.75, 3.05) is 20.8 Å². The molecule has 1 aromatic heterocycles. The van der Waals surface area contributed by atoms with Gasteiger partial charge in [0.05, 0.1) is 31.8 Å². The summed E-state index contributed by atoms with van der Waals surface area (Å²) in [6.07, 6.45) is 2.35. The Hall–Kier alpha value is -2.53. The first kappa shape index (κ1) is 16.9. The molecule has 0 saturated carbocycles. The molecule has 3 aromatic rings. The highest BCUT2D eigenvalue weighted by atomic mass is 16.5. The van der Waals surface area contributed by atoms with Gasteiger partial charge in [0, 0.05) is 13.1 Å². The van der Waals surface area contributed by atoms with E-state index in [-0.39, 0.29) is 0 Å². The van der Waals surface area contributed by atoms with Crippen LogP contribution in [-0.2, 0) is 13.6 Å². The second-order valence-electron chi connectivity index (χ2n) is 6.82. The fraction of sp³-hybridized carbons (Fsp3) is 0.381. The van der Waals surface area contributed by atoms with Gasteiger partial charge in [-0.25, -0.2) is 4.98 Å². The van der Waals surface area contributed by atoms with Crippen molar-refractivity contribution in [2.24, 2.45) is 7.05 Å². The van der Waals surface area contributed by atoms with Crippen LogP contribution in [0.2, 0.25) is 0 Å². The van der Waals surface area contributed by atoms with Gasteiger partial charge in [-0.05, 0) is 49.2 Å². The summed E-state index contributed by atoms with van der Waals surface area (Å²) in [7, 11) is 5.46. The number of methoxy groups -OCH3 is 2. The number of hydrogen-bond acceptors (Lipinski definition) is 4. The second-order valence-corrected chi connectivity index (χ2v) is 6.82.